The van der Waals surface area contributed by atoms with E-state index in [0.29, 0.717) is 12.3 Å². The summed E-state index contributed by atoms with van der Waals surface area (Å²) >= 11 is 0. The Balaban J connectivity index is 1.28. The van der Waals surface area contributed by atoms with Crippen LogP contribution in [0.25, 0.3) is 0 Å². The van der Waals surface area contributed by atoms with Gasteiger partial charge in [0.2, 0.25) is 0 Å². The molecule has 1 aromatic carbocycles. The number of fused-ring (bicyclic) bond motifs is 1. The maximum absolute atomic E-state index is 14.4. The van der Waals surface area contributed by atoms with Crippen molar-refractivity contribution in [1.82, 2.24) is 0 Å². The van der Waals surface area contributed by atoms with E-state index in [2.05, 4.69) is 19.6 Å². The molecule has 4 unspecified atom stereocenters. The first-order valence-electron chi connectivity index (χ1n) is 13.1. The highest BCUT2D eigenvalue weighted by atomic mass is 19.1. The van der Waals surface area contributed by atoms with Gasteiger partial charge in [0.1, 0.15) is 5.82 Å². The molecule has 3 fully saturated rings. The molecular weight excluding hydrogens is 367 g/mol. The van der Waals surface area contributed by atoms with Crippen molar-refractivity contribution in [3.63, 3.8) is 0 Å². The summed E-state index contributed by atoms with van der Waals surface area (Å²) < 4.78 is 14.4. The predicted octanol–water partition coefficient (Wildman–Crippen LogP) is 8.85. The van der Waals surface area contributed by atoms with E-state index in [1.807, 2.05) is 12.1 Å². The second-order valence-electron chi connectivity index (χ2n) is 10.9. The van der Waals surface area contributed by atoms with Gasteiger partial charge in [-0.1, -0.05) is 57.2 Å². The molecular formula is C29H43F. The van der Waals surface area contributed by atoms with Gasteiger partial charge in [-0.2, -0.15) is 0 Å². The van der Waals surface area contributed by atoms with E-state index in [0.717, 1.165) is 35.2 Å². The Morgan fingerprint density at radius 2 is 1.57 bits per heavy atom. The maximum Gasteiger partial charge on any atom is 0.126 e. The highest BCUT2D eigenvalue weighted by molar-refractivity contribution is 5.28. The van der Waals surface area contributed by atoms with Crippen molar-refractivity contribution in [1.29, 1.82) is 0 Å². The average Bonchev–Trinajstić information content (AvgIpc) is 2.79. The Hall–Kier alpha value is -1.11. The van der Waals surface area contributed by atoms with Crippen LogP contribution in [0, 0.1) is 35.4 Å². The summed E-state index contributed by atoms with van der Waals surface area (Å²) in [4.78, 5) is 0. The molecule has 0 nitrogen and oxygen atoms in total. The first-order valence-corrected chi connectivity index (χ1v) is 13.1. The van der Waals surface area contributed by atoms with Crippen LogP contribution in [0.4, 0.5) is 4.39 Å². The van der Waals surface area contributed by atoms with Crippen LogP contribution in [0.1, 0.15) is 107 Å². The van der Waals surface area contributed by atoms with E-state index < -0.39 is 0 Å². The number of hydrogen-bond donors (Lipinski definition) is 0. The van der Waals surface area contributed by atoms with Crippen LogP contribution in [0.5, 0.6) is 0 Å². The molecule has 4 rings (SSSR count). The van der Waals surface area contributed by atoms with Crippen LogP contribution in [-0.4, -0.2) is 0 Å². The third-order valence-corrected chi connectivity index (χ3v) is 9.09. The van der Waals surface area contributed by atoms with Gasteiger partial charge in [-0.15, -0.1) is 6.58 Å². The summed E-state index contributed by atoms with van der Waals surface area (Å²) in [5.41, 5.74) is 2.03. The Labute approximate surface area is 184 Å². The number of halogens is 1. The quantitative estimate of drug-likeness (QED) is 0.394. The number of benzene rings is 1. The zero-order valence-corrected chi connectivity index (χ0v) is 19.3. The molecule has 0 bridgehead atoms. The van der Waals surface area contributed by atoms with Gasteiger partial charge in [-0.25, -0.2) is 4.39 Å². The Kier molecular flexibility index (Phi) is 7.71. The minimum Gasteiger partial charge on any atom is -0.207 e. The van der Waals surface area contributed by atoms with Crippen molar-refractivity contribution in [3.05, 3.63) is 47.8 Å². The molecule has 4 atom stereocenters. The summed E-state index contributed by atoms with van der Waals surface area (Å²) in [7, 11) is 0. The average molecular weight is 411 g/mol. The van der Waals surface area contributed by atoms with Gasteiger partial charge in [0.25, 0.3) is 0 Å². The van der Waals surface area contributed by atoms with Crippen molar-refractivity contribution in [2.24, 2.45) is 29.6 Å². The van der Waals surface area contributed by atoms with Crippen LogP contribution in [-0.2, 0) is 6.42 Å². The van der Waals surface area contributed by atoms with Crippen LogP contribution < -0.4 is 0 Å². The first kappa shape index (κ1) is 22.1. The van der Waals surface area contributed by atoms with E-state index in [-0.39, 0.29) is 5.82 Å². The standard InChI is InChI=1S/C29H43F/c1-3-5-7-21-8-10-22(11-9-21)24-14-15-26-19-27(17-16-25(26)18-24)28-13-12-23(6-4-2)29(30)20-28/h4,12-13,20-22,24-27H,2-3,5-11,14-19H2,1H3. The minimum atomic E-state index is -0.0345. The SMILES string of the molecule is C=CCc1ccc(C2CCC3CC(C4CCC(CCCC)CC4)CCC3C2)cc1F. The Morgan fingerprint density at radius 3 is 2.27 bits per heavy atom. The van der Waals surface area contributed by atoms with Crippen molar-refractivity contribution in [2.75, 3.05) is 0 Å². The van der Waals surface area contributed by atoms with Gasteiger partial charge in [-0.3, -0.25) is 0 Å². The fraction of sp³-hybridized carbons (Fsp3) is 0.724. The summed E-state index contributed by atoms with van der Waals surface area (Å²) in [6, 6.07) is 6.01. The zero-order valence-electron chi connectivity index (χ0n) is 19.3. The topological polar surface area (TPSA) is 0 Å². The third kappa shape index (κ3) is 5.20. The van der Waals surface area contributed by atoms with Crippen molar-refractivity contribution < 1.29 is 4.39 Å². The van der Waals surface area contributed by atoms with Crippen LogP contribution >= 0.6 is 0 Å². The lowest BCUT2D eigenvalue weighted by Crippen LogP contribution is -2.34. The summed E-state index contributed by atoms with van der Waals surface area (Å²) in [6.07, 6.45) is 21.0. The van der Waals surface area contributed by atoms with E-state index in [1.54, 1.807) is 6.08 Å². The Morgan fingerprint density at radius 1 is 0.900 bits per heavy atom. The molecule has 3 saturated carbocycles. The second kappa shape index (κ2) is 10.5. The second-order valence-corrected chi connectivity index (χ2v) is 10.9. The van der Waals surface area contributed by atoms with E-state index in [4.69, 9.17) is 0 Å². The van der Waals surface area contributed by atoms with E-state index in [1.165, 1.54) is 89.0 Å². The van der Waals surface area contributed by atoms with Crippen molar-refractivity contribution >= 4 is 0 Å². The molecule has 166 valence electrons. The lowest BCUT2D eigenvalue weighted by atomic mass is 9.60. The van der Waals surface area contributed by atoms with Crippen LogP contribution in [0.2, 0.25) is 0 Å². The molecule has 0 aliphatic heterocycles. The Bertz CT molecular complexity index is 684. The lowest BCUT2D eigenvalue weighted by Gasteiger charge is -2.45. The molecule has 0 radical (unpaired) electrons. The van der Waals surface area contributed by atoms with E-state index in [9.17, 15) is 4.39 Å². The molecule has 0 amide bonds. The normalized spacial score (nSPS) is 34.3. The monoisotopic (exact) mass is 410 g/mol. The molecule has 3 aliphatic rings. The first-order chi connectivity index (χ1) is 14.7. The summed E-state index contributed by atoms with van der Waals surface area (Å²) in [5, 5.41) is 0. The largest absolute Gasteiger partial charge is 0.207 e. The van der Waals surface area contributed by atoms with Gasteiger partial charge < -0.3 is 0 Å². The summed E-state index contributed by atoms with van der Waals surface area (Å²) in [5.74, 6) is 5.43. The highest BCUT2D eigenvalue weighted by Crippen LogP contribution is 2.51. The molecule has 1 aromatic rings. The number of hydrogen-bond acceptors (Lipinski definition) is 0. The molecule has 30 heavy (non-hydrogen) atoms. The molecule has 0 heterocycles. The van der Waals surface area contributed by atoms with Gasteiger partial charge in [0, 0.05) is 0 Å². The van der Waals surface area contributed by atoms with Crippen molar-refractivity contribution in [2.45, 2.75) is 103 Å². The van der Waals surface area contributed by atoms with Gasteiger partial charge in [0.15, 0.2) is 0 Å². The molecule has 0 saturated heterocycles. The number of allylic oxidation sites excluding steroid dienone is 1. The third-order valence-electron chi connectivity index (χ3n) is 9.09. The fourth-order valence-electron chi connectivity index (χ4n) is 7.24. The molecule has 1 heteroatoms. The molecule has 0 spiro atoms. The molecule has 3 aliphatic carbocycles. The van der Waals surface area contributed by atoms with Gasteiger partial charge >= 0.3 is 0 Å². The zero-order chi connectivity index (χ0) is 20.9. The summed E-state index contributed by atoms with van der Waals surface area (Å²) in [6.45, 7) is 6.07. The highest BCUT2D eigenvalue weighted by Gasteiger charge is 2.39. The van der Waals surface area contributed by atoms with Gasteiger partial charge in [0.05, 0.1) is 0 Å². The fourth-order valence-corrected chi connectivity index (χ4v) is 7.24. The van der Waals surface area contributed by atoms with Crippen molar-refractivity contribution in [3.8, 4) is 0 Å². The molecule has 0 aromatic heterocycles. The minimum absolute atomic E-state index is 0.0345. The van der Waals surface area contributed by atoms with E-state index >= 15 is 0 Å². The number of unbranched alkanes of at least 4 members (excludes halogenated alkanes) is 1. The number of rotatable bonds is 7. The maximum atomic E-state index is 14.4. The lowest BCUT2D eigenvalue weighted by molar-refractivity contribution is 0.0710. The van der Waals surface area contributed by atoms with Crippen LogP contribution in [0.15, 0.2) is 30.9 Å². The smallest absolute Gasteiger partial charge is 0.126 e. The van der Waals surface area contributed by atoms with Crippen LogP contribution in [0.3, 0.4) is 0 Å². The molecule has 0 N–H and O–H groups in total. The van der Waals surface area contributed by atoms with Gasteiger partial charge in [-0.05, 0) is 110 Å². The predicted molar refractivity (Wildman–Crippen MR) is 126 cm³/mol.